The lowest BCUT2D eigenvalue weighted by Crippen LogP contribution is -2.46. The quantitative estimate of drug-likeness (QED) is 0.307. The SMILES string of the molecule is CC(C)C(N)C(=O)CC(=O)C(O)C(O)C(O)CO. The predicted octanol–water partition coefficient (Wildman–Crippen LogP) is -2.43. The van der Waals surface area contributed by atoms with E-state index in [4.69, 9.17) is 15.9 Å². The first-order valence-electron chi connectivity index (χ1n) is 5.68. The van der Waals surface area contributed by atoms with Gasteiger partial charge in [-0.25, -0.2) is 0 Å². The van der Waals surface area contributed by atoms with Crippen LogP contribution in [0.15, 0.2) is 0 Å². The number of nitrogens with two attached hydrogens (primary N) is 1. The van der Waals surface area contributed by atoms with Crippen molar-refractivity contribution >= 4 is 11.6 Å². The summed E-state index contributed by atoms with van der Waals surface area (Å²) >= 11 is 0. The minimum atomic E-state index is -1.92. The van der Waals surface area contributed by atoms with Crippen LogP contribution in [0.5, 0.6) is 0 Å². The van der Waals surface area contributed by atoms with Gasteiger partial charge < -0.3 is 26.2 Å². The molecular formula is C11H21NO6. The maximum absolute atomic E-state index is 11.5. The van der Waals surface area contributed by atoms with E-state index in [1.165, 1.54) is 0 Å². The Morgan fingerprint density at radius 1 is 1.11 bits per heavy atom. The summed E-state index contributed by atoms with van der Waals surface area (Å²) in [5, 5.41) is 36.3. The molecule has 0 amide bonds. The third kappa shape index (κ3) is 4.79. The van der Waals surface area contributed by atoms with E-state index < -0.39 is 48.9 Å². The molecule has 18 heavy (non-hydrogen) atoms. The molecule has 0 saturated heterocycles. The number of ketones is 2. The number of carbonyl (C=O) groups is 2. The lowest BCUT2D eigenvalue weighted by atomic mass is 9.94. The zero-order chi connectivity index (χ0) is 14.5. The highest BCUT2D eigenvalue weighted by atomic mass is 16.4. The molecule has 0 bridgehead atoms. The Morgan fingerprint density at radius 2 is 1.61 bits per heavy atom. The van der Waals surface area contributed by atoms with E-state index in [9.17, 15) is 19.8 Å². The molecule has 4 unspecified atom stereocenters. The van der Waals surface area contributed by atoms with Gasteiger partial charge in [0.2, 0.25) is 0 Å². The second kappa shape index (κ2) is 7.55. The summed E-state index contributed by atoms with van der Waals surface area (Å²) in [6.45, 7) is 2.63. The third-order valence-electron chi connectivity index (χ3n) is 2.67. The molecular weight excluding hydrogens is 242 g/mol. The molecule has 6 N–H and O–H groups in total. The van der Waals surface area contributed by atoms with Gasteiger partial charge in [-0.2, -0.15) is 0 Å². The number of aliphatic hydroxyl groups is 4. The van der Waals surface area contributed by atoms with Crippen molar-refractivity contribution in [1.29, 1.82) is 0 Å². The summed E-state index contributed by atoms with van der Waals surface area (Å²) in [6, 6.07) is -0.818. The van der Waals surface area contributed by atoms with Crippen LogP contribution in [-0.4, -0.2) is 63.0 Å². The van der Waals surface area contributed by atoms with E-state index in [-0.39, 0.29) is 5.92 Å². The van der Waals surface area contributed by atoms with Crippen molar-refractivity contribution in [3.63, 3.8) is 0 Å². The number of Topliss-reactive ketones (excluding diaryl/α,β-unsaturated/α-hetero) is 2. The fraction of sp³-hybridized carbons (Fsp3) is 0.818. The maximum Gasteiger partial charge on any atom is 0.171 e. The molecule has 0 aliphatic heterocycles. The molecule has 0 aliphatic rings. The van der Waals surface area contributed by atoms with Crippen molar-refractivity contribution in [2.24, 2.45) is 11.7 Å². The summed E-state index contributed by atoms with van der Waals surface area (Å²) in [5.41, 5.74) is 5.54. The Kier molecular flexibility index (Phi) is 7.19. The molecule has 0 heterocycles. The molecule has 0 spiro atoms. The van der Waals surface area contributed by atoms with Crippen molar-refractivity contribution in [3.05, 3.63) is 0 Å². The molecule has 0 aromatic rings. The minimum Gasteiger partial charge on any atom is -0.394 e. The highest BCUT2D eigenvalue weighted by molar-refractivity contribution is 6.03. The first-order chi connectivity index (χ1) is 8.22. The van der Waals surface area contributed by atoms with Crippen molar-refractivity contribution in [2.75, 3.05) is 6.61 Å². The van der Waals surface area contributed by atoms with Gasteiger partial charge in [0.25, 0.3) is 0 Å². The van der Waals surface area contributed by atoms with Crippen molar-refractivity contribution in [3.8, 4) is 0 Å². The molecule has 0 aromatic heterocycles. The highest BCUT2D eigenvalue weighted by Gasteiger charge is 2.32. The Bertz CT molecular complexity index is 293. The number of aliphatic hydroxyl groups excluding tert-OH is 4. The maximum atomic E-state index is 11.5. The fourth-order valence-corrected chi connectivity index (χ4v) is 1.27. The number of rotatable bonds is 8. The van der Waals surface area contributed by atoms with Crippen LogP contribution in [-0.2, 0) is 9.59 Å². The molecule has 0 aromatic carbocycles. The van der Waals surface area contributed by atoms with Crippen LogP contribution in [0.25, 0.3) is 0 Å². The van der Waals surface area contributed by atoms with Gasteiger partial charge in [-0.15, -0.1) is 0 Å². The Labute approximate surface area is 105 Å². The van der Waals surface area contributed by atoms with E-state index >= 15 is 0 Å². The van der Waals surface area contributed by atoms with E-state index in [0.29, 0.717) is 0 Å². The normalized spacial score (nSPS) is 18.2. The molecule has 7 heteroatoms. The smallest absolute Gasteiger partial charge is 0.171 e. The van der Waals surface area contributed by atoms with E-state index in [1.54, 1.807) is 13.8 Å². The zero-order valence-corrected chi connectivity index (χ0v) is 10.5. The zero-order valence-electron chi connectivity index (χ0n) is 10.5. The van der Waals surface area contributed by atoms with E-state index in [0.717, 1.165) is 0 Å². The van der Waals surface area contributed by atoms with Gasteiger partial charge in [0.15, 0.2) is 11.6 Å². The van der Waals surface area contributed by atoms with Crippen LogP contribution in [0.2, 0.25) is 0 Å². The molecule has 0 fully saturated rings. The lowest BCUT2D eigenvalue weighted by molar-refractivity contribution is -0.143. The average Bonchev–Trinajstić information content (AvgIpc) is 2.34. The topological polar surface area (TPSA) is 141 Å². The van der Waals surface area contributed by atoms with Gasteiger partial charge >= 0.3 is 0 Å². The highest BCUT2D eigenvalue weighted by Crippen LogP contribution is 2.07. The Morgan fingerprint density at radius 3 is 2.00 bits per heavy atom. The first kappa shape index (κ1) is 17.1. The summed E-state index contributed by atoms with van der Waals surface area (Å²) in [5.74, 6) is -1.62. The van der Waals surface area contributed by atoms with Crippen LogP contribution < -0.4 is 5.73 Å². The number of carbonyl (C=O) groups excluding carboxylic acids is 2. The third-order valence-corrected chi connectivity index (χ3v) is 2.67. The van der Waals surface area contributed by atoms with Crippen molar-refractivity contribution in [2.45, 2.75) is 44.6 Å². The minimum absolute atomic E-state index is 0.143. The first-order valence-corrected chi connectivity index (χ1v) is 5.68. The Balaban J connectivity index is 4.45. The standard InChI is InChI=1S/C11H21NO6/c1-5(2)9(12)6(14)3-7(15)10(17)11(18)8(16)4-13/h5,8-11,13,16-18H,3-4,12H2,1-2H3. The van der Waals surface area contributed by atoms with Gasteiger partial charge in [-0.1, -0.05) is 13.8 Å². The molecule has 0 aliphatic carbocycles. The van der Waals surface area contributed by atoms with Crippen LogP contribution in [0.1, 0.15) is 20.3 Å². The van der Waals surface area contributed by atoms with Crippen molar-refractivity contribution in [1.82, 2.24) is 0 Å². The Hall–Kier alpha value is -0.860. The monoisotopic (exact) mass is 263 g/mol. The largest absolute Gasteiger partial charge is 0.394 e. The summed E-state index contributed by atoms with van der Waals surface area (Å²) in [7, 11) is 0. The molecule has 0 radical (unpaired) electrons. The van der Waals surface area contributed by atoms with Gasteiger partial charge in [0.1, 0.15) is 18.3 Å². The second-order valence-electron chi connectivity index (χ2n) is 4.56. The van der Waals surface area contributed by atoms with Crippen LogP contribution in [0, 0.1) is 5.92 Å². The molecule has 7 nitrogen and oxygen atoms in total. The van der Waals surface area contributed by atoms with E-state index in [2.05, 4.69) is 0 Å². The molecule has 0 rings (SSSR count). The van der Waals surface area contributed by atoms with Crippen molar-refractivity contribution < 1.29 is 30.0 Å². The number of hydrogen-bond acceptors (Lipinski definition) is 7. The number of hydrogen-bond donors (Lipinski definition) is 5. The van der Waals surface area contributed by atoms with Gasteiger partial charge in [0.05, 0.1) is 19.1 Å². The van der Waals surface area contributed by atoms with Crippen LogP contribution in [0.3, 0.4) is 0 Å². The average molecular weight is 263 g/mol. The summed E-state index contributed by atoms with van der Waals surface area (Å²) in [6.07, 6.45) is -6.01. The van der Waals surface area contributed by atoms with Crippen LogP contribution >= 0.6 is 0 Å². The van der Waals surface area contributed by atoms with Gasteiger partial charge in [-0.3, -0.25) is 9.59 Å². The summed E-state index contributed by atoms with van der Waals surface area (Å²) < 4.78 is 0. The lowest BCUT2D eigenvalue weighted by Gasteiger charge is -2.21. The molecule has 4 atom stereocenters. The molecule has 0 saturated carbocycles. The fourth-order valence-electron chi connectivity index (χ4n) is 1.27. The predicted molar refractivity (Wildman–Crippen MR) is 62.6 cm³/mol. The second-order valence-corrected chi connectivity index (χ2v) is 4.56. The summed E-state index contributed by atoms with van der Waals surface area (Å²) in [4.78, 5) is 23.0. The van der Waals surface area contributed by atoms with E-state index in [1.807, 2.05) is 0 Å². The van der Waals surface area contributed by atoms with Crippen LogP contribution in [0.4, 0.5) is 0 Å². The van der Waals surface area contributed by atoms with Gasteiger partial charge in [-0.05, 0) is 5.92 Å². The molecule has 106 valence electrons. The van der Waals surface area contributed by atoms with Gasteiger partial charge in [0, 0.05) is 0 Å².